The Hall–Kier alpha value is -0.330. The minimum Gasteiger partial charge on any atom is -0.390 e. The molecule has 0 unspecified atom stereocenters. The molecule has 0 aromatic carbocycles. The lowest BCUT2D eigenvalue weighted by Crippen LogP contribution is -2.67. The van der Waals surface area contributed by atoms with E-state index in [0.717, 1.165) is 30.6 Å². The first kappa shape index (κ1) is 22.8. The fourth-order valence-corrected chi connectivity index (χ4v) is 10.6. The van der Waals surface area contributed by atoms with E-state index in [-0.39, 0.29) is 33.8 Å². The van der Waals surface area contributed by atoms with E-state index in [4.69, 9.17) is 0 Å². The summed E-state index contributed by atoms with van der Waals surface area (Å²) in [5.74, 6) is 1.28. The first-order valence-corrected chi connectivity index (χ1v) is 13.3. The monoisotopic (exact) mass is 456 g/mol. The van der Waals surface area contributed by atoms with Crippen molar-refractivity contribution < 1.29 is 18.7 Å². The Kier molecular flexibility index (Phi) is 6.03. The molecule has 2 nitrogen and oxygen atoms in total. The summed E-state index contributed by atoms with van der Waals surface area (Å²) in [6.45, 7) is 5.90. The Morgan fingerprint density at radius 2 is 1.93 bits per heavy atom. The lowest BCUT2D eigenvalue weighted by Gasteiger charge is -2.63. The molecule has 3 fully saturated rings. The molecular weight excluding hydrogens is 422 g/mol. The summed E-state index contributed by atoms with van der Waals surface area (Å²) >= 11 is 3.61. The van der Waals surface area contributed by atoms with Gasteiger partial charge in [-0.2, -0.15) is 0 Å². The summed E-state index contributed by atoms with van der Waals surface area (Å²) < 4.78 is 30.1. The second kappa shape index (κ2) is 7.91. The van der Waals surface area contributed by atoms with Crippen molar-refractivity contribution in [2.75, 3.05) is 18.2 Å². The second-order valence-corrected chi connectivity index (χ2v) is 13.0. The molecule has 4 rings (SSSR count). The number of ketones is 1. The minimum absolute atomic E-state index is 0.0851. The third-order valence-electron chi connectivity index (χ3n) is 8.64. The van der Waals surface area contributed by atoms with Crippen molar-refractivity contribution in [3.8, 4) is 0 Å². The van der Waals surface area contributed by atoms with Crippen molar-refractivity contribution in [1.29, 1.82) is 0 Å². The fourth-order valence-electron chi connectivity index (χ4n) is 7.15. The highest BCUT2D eigenvalue weighted by Gasteiger charge is 2.73. The summed E-state index contributed by atoms with van der Waals surface area (Å²) in [6.07, 6.45) is 8.36. The van der Waals surface area contributed by atoms with Crippen LogP contribution in [-0.4, -0.2) is 44.9 Å². The molecule has 0 saturated heterocycles. The van der Waals surface area contributed by atoms with Gasteiger partial charge in [-0.3, -0.25) is 9.18 Å². The number of allylic oxidation sites excluding steroid dienone is 4. The topological polar surface area (TPSA) is 37.3 Å². The molecule has 0 amide bonds. The normalized spacial score (nSPS) is 47.5. The van der Waals surface area contributed by atoms with Crippen LogP contribution < -0.4 is 0 Å². The minimum atomic E-state index is -1.77. The molecule has 1 N–H and O–H groups in total. The van der Waals surface area contributed by atoms with Crippen LogP contribution in [0.25, 0.3) is 0 Å². The number of fused-ring (bicyclic) bond motifs is 5. The van der Waals surface area contributed by atoms with Crippen molar-refractivity contribution >= 4 is 29.3 Å². The third-order valence-corrected chi connectivity index (χ3v) is 12.6. The quantitative estimate of drug-likeness (QED) is 0.505. The molecule has 0 spiro atoms. The molecule has 168 valence electrons. The lowest BCUT2D eigenvalue weighted by molar-refractivity contribution is -0.189. The van der Waals surface area contributed by atoms with Crippen LogP contribution in [0.2, 0.25) is 0 Å². The Morgan fingerprint density at radius 1 is 1.20 bits per heavy atom. The molecule has 4 aliphatic rings. The van der Waals surface area contributed by atoms with Gasteiger partial charge in [0.25, 0.3) is 0 Å². The molecule has 0 radical (unpaired) electrons. The molecule has 0 heterocycles. The third kappa shape index (κ3) is 2.95. The number of carbonyl (C=O) groups is 1. The summed E-state index contributed by atoms with van der Waals surface area (Å²) in [4.78, 5) is 11.9. The zero-order valence-corrected chi connectivity index (χ0v) is 19.9. The highest BCUT2D eigenvalue weighted by molar-refractivity contribution is 8.18. The van der Waals surface area contributed by atoms with E-state index in [1.54, 1.807) is 23.9 Å². The van der Waals surface area contributed by atoms with Crippen LogP contribution in [0.5, 0.6) is 0 Å². The van der Waals surface area contributed by atoms with Gasteiger partial charge in [0.2, 0.25) is 0 Å². The number of hydrogen-bond acceptors (Lipinski definition) is 4. The zero-order valence-electron chi connectivity index (χ0n) is 18.3. The van der Waals surface area contributed by atoms with Gasteiger partial charge in [-0.25, -0.2) is 4.39 Å². The number of rotatable bonds is 6. The van der Waals surface area contributed by atoms with Crippen LogP contribution in [0.3, 0.4) is 0 Å². The zero-order chi connectivity index (χ0) is 21.8. The molecule has 7 atom stereocenters. The maximum Gasteiger partial charge on any atom is 0.178 e. The summed E-state index contributed by atoms with van der Waals surface area (Å²) in [5, 5.41) is 11.4. The predicted molar refractivity (Wildman–Crippen MR) is 122 cm³/mol. The van der Waals surface area contributed by atoms with Crippen molar-refractivity contribution in [3.63, 3.8) is 0 Å². The Morgan fingerprint density at radius 3 is 2.63 bits per heavy atom. The molecule has 3 saturated carbocycles. The molecule has 0 aliphatic heterocycles. The van der Waals surface area contributed by atoms with E-state index in [0.29, 0.717) is 25.0 Å². The van der Waals surface area contributed by atoms with E-state index in [9.17, 15) is 14.3 Å². The number of hydrogen-bond donors (Lipinski definition) is 1. The molecule has 0 aromatic heterocycles. The molecule has 0 bridgehead atoms. The van der Waals surface area contributed by atoms with Gasteiger partial charge < -0.3 is 5.11 Å². The Bertz CT molecular complexity index is 760. The van der Waals surface area contributed by atoms with Gasteiger partial charge in [-0.05, 0) is 74.7 Å². The molecule has 4 aliphatic carbocycles. The summed E-state index contributed by atoms with van der Waals surface area (Å²) in [7, 11) is 0. The van der Waals surface area contributed by atoms with Crippen LogP contribution in [0.1, 0.15) is 59.3 Å². The van der Waals surface area contributed by atoms with E-state index in [1.807, 2.05) is 18.7 Å². The summed E-state index contributed by atoms with van der Waals surface area (Å²) in [5.41, 5.74) is -2.11. The van der Waals surface area contributed by atoms with Gasteiger partial charge in [-0.15, -0.1) is 23.5 Å². The predicted octanol–water partition coefficient (Wildman–Crippen LogP) is 5.90. The average molecular weight is 457 g/mol. The molecule has 30 heavy (non-hydrogen) atoms. The standard InChI is InChI=1S/C24H34F2O2S2/c1-4-12-29-23(30-13-11-25)10-8-18-19-6-5-16-14-17(27)7-9-21(16,2)24(19,26)20(28)15-22(18,23)3/h7,9,14,18-20,28H,4-6,8,10-13,15H2,1-3H3/t18-,19-,20-,21-,22-,23-,24-/m0/s1. The van der Waals surface area contributed by atoms with Crippen LogP contribution in [0, 0.1) is 22.7 Å². The maximum atomic E-state index is 17.1. The first-order valence-electron chi connectivity index (χ1n) is 11.3. The Labute approximate surface area is 187 Å². The van der Waals surface area contributed by atoms with Gasteiger partial charge in [0.15, 0.2) is 11.5 Å². The molecule has 6 heteroatoms. The van der Waals surface area contributed by atoms with Crippen LogP contribution in [0.4, 0.5) is 8.78 Å². The van der Waals surface area contributed by atoms with Crippen LogP contribution in [-0.2, 0) is 4.79 Å². The number of alkyl halides is 2. The Balaban J connectivity index is 1.74. The number of thioether (sulfide) groups is 2. The van der Waals surface area contributed by atoms with E-state index in [2.05, 4.69) is 13.8 Å². The lowest BCUT2D eigenvalue weighted by atomic mass is 9.46. The maximum absolute atomic E-state index is 17.1. The van der Waals surface area contributed by atoms with Crippen molar-refractivity contribution in [2.24, 2.45) is 22.7 Å². The van der Waals surface area contributed by atoms with Gasteiger partial charge >= 0.3 is 0 Å². The number of carbonyl (C=O) groups excluding carboxylic acids is 1. The first-order chi connectivity index (χ1) is 14.2. The van der Waals surface area contributed by atoms with E-state index < -0.39 is 17.2 Å². The number of aliphatic hydroxyl groups excluding tert-OH is 1. The molecule has 0 aromatic rings. The van der Waals surface area contributed by atoms with Crippen LogP contribution >= 0.6 is 23.5 Å². The summed E-state index contributed by atoms with van der Waals surface area (Å²) in [6, 6.07) is 0. The van der Waals surface area contributed by atoms with Gasteiger partial charge in [0.1, 0.15) is 0 Å². The second-order valence-electron chi connectivity index (χ2n) is 9.94. The largest absolute Gasteiger partial charge is 0.390 e. The highest BCUT2D eigenvalue weighted by atomic mass is 32.2. The molecular formula is C24H34F2O2S2. The van der Waals surface area contributed by atoms with Gasteiger partial charge in [-0.1, -0.05) is 25.5 Å². The smallest absolute Gasteiger partial charge is 0.178 e. The van der Waals surface area contributed by atoms with Crippen molar-refractivity contribution in [3.05, 3.63) is 23.8 Å². The number of halogens is 2. The van der Waals surface area contributed by atoms with Gasteiger partial charge in [0.05, 0.1) is 16.9 Å². The highest BCUT2D eigenvalue weighted by Crippen LogP contribution is 2.73. The van der Waals surface area contributed by atoms with Crippen molar-refractivity contribution in [1.82, 2.24) is 0 Å². The van der Waals surface area contributed by atoms with Gasteiger partial charge in [0, 0.05) is 17.1 Å². The fraction of sp³-hybridized carbons (Fsp3) is 0.792. The van der Waals surface area contributed by atoms with Crippen molar-refractivity contribution in [2.45, 2.75) is 75.1 Å². The average Bonchev–Trinajstić information content (AvgIpc) is 2.99. The van der Waals surface area contributed by atoms with E-state index >= 15 is 4.39 Å². The van der Waals surface area contributed by atoms with Crippen LogP contribution in [0.15, 0.2) is 23.8 Å². The SMILES string of the molecule is CCCS[C@]1(SCCF)CC[C@H]2[C@@H]3CCC4=CC(=O)C=C[C@]4(C)[C@@]3(F)[C@@H](O)C[C@@]21C. The van der Waals surface area contributed by atoms with E-state index in [1.165, 1.54) is 6.08 Å². The number of aliphatic hydroxyl groups is 1.